The lowest BCUT2D eigenvalue weighted by molar-refractivity contribution is -0.121. The second kappa shape index (κ2) is 10.0. The topological polar surface area (TPSA) is 87.7 Å². The second-order valence-corrected chi connectivity index (χ2v) is 6.58. The van der Waals surface area contributed by atoms with Crippen LogP contribution in [0.1, 0.15) is 28.4 Å². The number of carbonyl (C=O) groups is 2. The van der Waals surface area contributed by atoms with Gasteiger partial charge in [-0.3, -0.25) is 9.59 Å². The quantitative estimate of drug-likeness (QED) is 0.590. The molecule has 1 atom stereocenters. The third kappa shape index (κ3) is 6.33. The molecule has 0 fully saturated rings. The monoisotopic (exact) mass is 438 g/mol. The molecule has 0 saturated carbocycles. The standard InChI is InChI=1S/C19H20BrFN2O4/c1-27-14-5-2-12(3-6-14)17(24)11-23-18(25)8-9-22-19(26)15-10-13(21)4-7-16(15)20/h2-7,10,17,24H,8-9,11H2,1H3,(H,22,26)(H,23,25). The lowest BCUT2D eigenvalue weighted by Crippen LogP contribution is -2.33. The first kappa shape index (κ1) is 20.9. The van der Waals surface area contributed by atoms with Crippen molar-refractivity contribution < 1.29 is 23.8 Å². The molecule has 1 unspecified atom stereocenters. The van der Waals surface area contributed by atoms with E-state index < -0.39 is 17.8 Å². The van der Waals surface area contributed by atoms with E-state index in [0.717, 1.165) is 6.07 Å². The van der Waals surface area contributed by atoms with Crippen LogP contribution in [-0.4, -0.2) is 37.1 Å². The molecule has 0 radical (unpaired) electrons. The van der Waals surface area contributed by atoms with Gasteiger partial charge in [0.2, 0.25) is 5.91 Å². The summed E-state index contributed by atoms with van der Waals surface area (Å²) in [7, 11) is 1.55. The first-order valence-electron chi connectivity index (χ1n) is 8.22. The molecule has 0 spiro atoms. The molecule has 3 N–H and O–H groups in total. The van der Waals surface area contributed by atoms with Crippen LogP contribution in [0.5, 0.6) is 5.75 Å². The summed E-state index contributed by atoms with van der Waals surface area (Å²) in [6, 6.07) is 10.7. The zero-order valence-corrected chi connectivity index (χ0v) is 16.3. The molecule has 0 aliphatic carbocycles. The number of hydrogen-bond donors (Lipinski definition) is 3. The van der Waals surface area contributed by atoms with E-state index in [2.05, 4.69) is 26.6 Å². The van der Waals surface area contributed by atoms with E-state index >= 15 is 0 Å². The van der Waals surface area contributed by atoms with Crippen molar-refractivity contribution >= 4 is 27.7 Å². The predicted octanol–water partition coefficient (Wildman–Crippen LogP) is 2.57. The van der Waals surface area contributed by atoms with Crippen LogP contribution in [-0.2, 0) is 4.79 Å². The van der Waals surface area contributed by atoms with Gasteiger partial charge in [-0.1, -0.05) is 12.1 Å². The van der Waals surface area contributed by atoms with Gasteiger partial charge in [-0.25, -0.2) is 4.39 Å². The summed E-state index contributed by atoms with van der Waals surface area (Å²) in [5.74, 6) is -0.641. The molecule has 0 aromatic heterocycles. The fourth-order valence-electron chi connectivity index (χ4n) is 2.30. The van der Waals surface area contributed by atoms with Crippen LogP contribution < -0.4 is 15.4 Å². The third-order valence-corrected chi connectivity index (χ3v) is 4.50. The number of nitrogens with one attached hydrogen (secondary N) is 2. The summed E-state index contributed by atoms with van der Waals surface area (Å²) in [6.45, 7) is 0.140. The minimum Gasteiger partial charge on any atom is -0.497 e. The molecule has 0 saturated heterocycles. The lowest BCUT2D eigenvalue weighted by atomic mass is 10.1. The normalized spacial score (nSPS) is 11.6. The van der Waals surface area contributed by atoms with Gasteiger partial charge in [0.1, 0.15) is 11.6 Å². The molecule has 2 rings (SSSR count). The van der Waals surface area contributed by atoms with E-state index in [0.29, 0.717) is 15.8 Å². The second-order valence-electron chi connectivity index (χ2n) is 5.72. The van der Waals surface area contributed by atoms with Crippen molar-refractivity contribution in [1.29, 1.82) is 0 Å². The lowest BCUT2D eigenvalue weighted by Gasteiger charge is -2.13. The van der Waals surface area contributed by atoms with Crippen LogP contribution in [0.15, 0.2) is 46.9 Å². The van der Waals surface area contributed by atoms with Gasteiger partial charge in [0.05, 0.1) is 18.8 Å². The molecule has 6 nitrogen and oxygen atoms in total. The summed E-state index contributed by atoms with van der Waals surface area (Å²) in [5.41, 5.74) is 0.811. The molecule has 0 bridgehead atoms. The number of halogens is 2. The summed E-state index contributed by atoms with van der Waals surface area (Å²) >= 11 is 3.18. The maximum absolute atomic E-state index is 13.2. The smallest absolute Gasteiger partial charge is 0.252 e. The Morgan fingerprint density at radius 3 is 2.56 bits per heavy atom. The Morgan fingerprint density at radius 1 is 1.19 bits per heavy atom. The Morgan fingerprint density at radius 2 is 1.89 bits per heavy atom. The predicted molar refractivity (Wildman–Crippen MR) is 102 cm³/mol. The van der Waals surface area contributed by atoms with Crippen molar-refractivity contribution in [1.82, 2.24) is 10.6 Å². The zero-order valence-electron chi connectivity index (χ0n) is 14.7. The molecule has 0 aliphatic rings. The summed E-state index contributed by atoms with van der Waals surface area (Å²) in [4.78, 5) is 23.9. The van der Waals surface area contributed by atoms with E-state index in [-0.39, 0.29) is 31.0 Å². The minimum absolute atomic E-state index is 0.0357. The molecule has 0 heterocycles. The SMILES string of the molecule is COc1ccc(C(O)CNC(=O)CCNC(=O)c2cc(F)ccc2Br)cc1. The summed E-state index contributed by atoms with van der Waals surface area (Å²) in [6.07, 6.45) is -0.814. The van der Waals surface area contributed by atoms with Crippen molar-refractivity contribution in [3.63, 3.8) is 0 Å². The van der Waals surface area contributed by atoms with E-state index in [1.807, 2.05) is 0 Å². The van der Waals surface area contributed by atoms with E-state index in [1.165, 1.54) is 12.1 Å². The number of methoxy groups -OCH3 is 1. The molecular weight excluding hydrogens is 419 g/mol. The minimum atomic E-state index is -0.849. The van der Waals surface area contributed by atoms with Gasteiger partial charge >= 0.3 is 0 Å². The molecule has 2 aromatic rings. The highest BCUT2D eigenvalue weighted by Gasteiger charge is 2.13. The van der Waals surface area contributed by atoms with Gasteiger partial charge in [-0.2, -0.15) is 0 Å². The summed E-state index contributed by atoms with van der Waals surface area (Å²) < 4.78 is 18.7. The van der Waals surface area contributed by atoms with Crippen LogP contribution in [0, 0.1) is 5.82 Å². The number of hydrogen-bond acceptors (Lipinski definition) is 4. The number of amides is 2. The average Bonchev–Trinajstić information content (AvgIpc) is 2.67. The highest BCUT2D eigenvalue weighted by Crippen LogP contribution is 2.18. The maximum atomic E-state index is 13.2. The third-order valence-electron chi connectivity index (χ3n) is 3.80. The van der Waals surface area contributed by atoms with Crippen LogP contribution in [0.3, 0.4) is 0 Å². The molecule has 0 aliphatic heterocycles. The number of ether oxygens (including phenoxy) is 1. The Balaban J connectivity index is 1.74. The highest BCUT2D eigenvalue weighted by atomic mass is 79.9. The average molecular weight is 439 g/mol. The van der Waals surface area contributed by atoms with Gasteiger partial charge in [0, 0.05) is 24.0 Å². The largest absolute Gasteiger partial charge is 0.497 e. The Bertz CT molecular complexity index is 799. The highest BCUT2D eigenvalue weighted by molar-refractivity contribution is 9.10. The van der Waals surface area contributed by atoms with Crippen molar-refractivity contribution in [3.05, 3.63) is 63.9 Å². The molecule has 144 valence electrons. The Labute approximate surface area is 164 Å². The fourth-order valence-corrected chi connectivity index (χ4v) is 2.73. The first-order valence-corrected chi connectivity index (χ1v) is 9.02. The molecule has 27 heavy (non-hydrogen) atoms. The maximum Gasteiger partial charge on any atom is 0.252 e. The number of carbonyl (C=O) groups excluding carboxylic acids is 2. The van der Waals surface area contributed by atoms with Gasteiger partial charge < -0.3 is 20.5 Å². The van der Waals surface area contributed by atoms with Crippen molar-refractivity contribution in [2.75, 3.05) is 20.2 Å². The van der Waals surface area contributed by atoms with Gasteiger partial charge in [-0.05, 0) is 51.8 Å². The van der Waals surface area contributed by atoms with Crippen LogP contribution in [0.25, 0.3) is 0 Å². The molecule has 2 aromatic carbocycles. The van der Waals surface area contributed by atoms with Crippen molar-refractivity contribution in [2.45, 2.75) is 12.5 Å². The molecule has 8 heteroatoms. The van der Waals surface area contributed by atoms with Crippen molar-refractivity contribution in [3.8, 4) is 5.75 Å². The van der Waals surface area contributed by atoms with Crippen LogP contribution in [0.2, 0.25) is 0 Å². The number of rotatable bonds is 8. The van der Waals surface area contributed by atoms with Gasteiger partial charge in [-0.15, -0.1) is 0 Å². The van der Waals surface area contributed by atoms with Crippen molar-refractivity contribution in [2.24, 2.45) is 0 Å². The number of benzene rings is 2. The fraction of sp³-hybridized carbons (Fsp3) is 0.263. The number of aliphatic hydroxyl groups is 1. The number of aliphatic hydroxyl groups excluding tert-OH is 1. The van der Waals surface area contributed by atoms with Gasteiger partial charge in [0.25, 0.3) is 5.91 Å². The summed E-state index contributed by atoms with van der Waals surface area (Å²) in [5, 5.41) is 15.2. The first-order chi connectivity index (χ1) is 12.9. The Kier molecular flexibility index (Phi) is 7.75. The zero-order chi connectivity index (χ0) is 19.8. The van der Waals surface area contributed by atoms with Gasteiger partial charge in [0.15, 0.2) is 0 Å². The molecular formula is C19H20BrFN2O4. The van der Waals surface area contributed by atoms with E-state index in [9.17, 15) is 19.1 Å². The Hall–Kier alpha value is -2.45. The van der Waals surface area contributed by atoms with E-state index in [1.54, 1.807) is 31.4 Å². The van der Waals surface area contributed by atoms with Crippen LogP contribution in [0.4, 0.5) is 4.39 Å². The van der Waals surface area contributed by atoms with Crippen LogP contribution >= 0.6 is 15.9 Å². The molecule has 2 amide bonds. The van der Waals surface area contributed by atoms with E-state index in [4.69, 9.17) is 4.74 Å².